The van der Waals surface area contributed by atoms with Crippen LogP contribution in [0, 0.1) is 3.57 Å². The Hall–Kier alpha value is 0.0300. The lowest BCUT2D eigenvalue weighted by Crippen LogP contribution is -1.92. The van der Waals surface area contributed by atoms with Crippen molar-refractivity contribution in [1.29, 1.82) is 0 Å². The molecule has 0 atom stereocenters. The largest absolute Gasteiger partial charge is 0.383 e. The molecule has 0 saturated heterocycles. The Morgan fingerprint density at radius 3 is 2.90 bits per heavy atom. The van der Waals surface area contributed by atoms with E-state index in [-0.39, 0.29) is 0 Å². The minimum atomic E-state index is 0.618. The maximum atomic E-state index is 5.56. The van der Waals surface area contributed by atoms with Gasteiger partial charge >= 0.3 is 0 Å². The molecule has 2 nitrogen and oxygen atoms in total. The molecule has 0 saturated carbocycles. The molecule has 0 aromatic carbocycles. The van der Waals surface area contributed by atoms with Crippen molar-refractivity contribution in [1.82, 2.24) is 4.98 Å². The summed E-state index contributed by atoms with van der Waals surface area (Å²) in [7, 11) is 0. The van der Waals surface area contributed by atoms with Crippen LogP contribution in [0.2, 0.25) is 0 Å². The van der Waals surface area contributed by atoms with E-state index in [9.17, 15) is 0 Å². The normalized spacial score (nSPS) is 9.80. The maximum absolute atomic E-state index is 5.56. The molecule has 1 rings (SSSR count). The summed E-state index contributed by atoms with van der Waals surface area (Å²) in [6.45, 7) is 0. The molecule has 0 aliphatic heterocycles. The Kier molecular flexibility index (Phi) is 2.79. The number of thioether (sulfide) groups is 1. The number of pyridine rings is 1. The van der Waals surface area contributed by atoms with E-state index in [4.69, 9.17) is 5.73 Å². The number of hydrogen-bond acceptors (Lipinski definition) is 3. The molecule has 0 aliphatic rings. The van der Waals surface area contributed by atoms with Crippen molar-refractivity contribution in [3.8, 4) is 0 Å². The molecule has 1 aromatic heterocycles. The Balaban J connectivity index is 3.09. The first-order chi connectivity index (χ1) is 4.74. The fourth-order valence-electron chi connectivity index (χ4n) is 0.595. The van der Waals surface area contributed by atoms with E-state index >= 15 is 0 Å². The highest BCUT2D eigenvalue weighted by atomic mass is 127. The predicted molar refractivity (Wildman–Crippen MR) is 53.1 cm³/mol. The van der Waals surface area contributed by atoms with Crippen LogP contribution in [0.25, 0.3) is 0 Å². The van der Waals surface area contributed by atoms with E-state index in [0.29, 0.717) is 5.82 Å². The number of nitrogens with two attached hydrogens (primary N) is 1. The van der Waals surface area contributed by atoms with Gasteiger partial charge in [0.05, 0.1) is 4.90 Å². The fourth-order valence-corrected chi connectivity index (χ4v) is 1.76. The second-order valence-corrected chi connectivity index (χ2v) is 3.83. The molecule has 2 N–H and O–H groups in total. The molecular weight excluding hydrogens is 259 g/mol. The third-order valence-electron chi connectivity index (χ3n) is 1.07. The van der Waals surface area contributed by atoms with Crippen LogP contribution in [0.4, 0.5) is 5.82 Å². The van der Waals surface area contributed by atoms with Crippen LogP contribution in [0.3, 0.4) is 0 Å². The Morgan fingerprint density at radius 1 is 1.70 bits per heavy atom. The van der Waals surface area contributed by atoms with Crippen LogP contribution >= 0.6 is 34.4 Å². The van der Waals surface area contributed by atoms with Crippen molar-refractivity contribution < 1.29 is 0 Å². The third-order valence-corrected chi connectivity index (χ3v) is 2.43. The molecular formula is C6H7IN2S. The molecule has 0 bridgehead atoms. The minimum absolute atomic E-state index is 0.618. The number of anilines is 1. The summed E-state index contributed by atoms with van der Waals surface area (Å²) in [5.74, 6) is 0.618. The lowest BCUT2D eigenvalue weighted by molar-refractivity contribution is 1.23. The van der Waals surface area contributed by atoms with E-state index in [1.807, 2.05) is 12.3 Å². The van der Waals surface area contributed by atoms with Gasteiger partial charge in [-0.2, -0.15) is 0 Å². The van der Waals surface area contributed by atoms with Gasteiger partial charge in [-0.3, -0.25) is 0 Å². The lowest BCUT2D eigenvalue weighted by Gasteiger charge is -1.99. The first-order valence-corrected chi connectivity index (χ1v) is 4.99. The molecule has 0 radical (unpaired) electrons. The van der Waals surface area contributed by atoms with Crippen LogP contribution in [0.5, 0.6) is 0 Å². The van der Waals surface area contributed by atoms with E-state index in [1.54, 1.807) is 18.0 Å². The summed E-state index contributed by atoms with van der Waals surface area (Å²) in [6, 6.07) is 2.02. The van der Waals surface area contributed by atoms with Crippen LogP contribution in [-0.4, -0.2) is 11.2 Å². The van der Waals surface area contributed by atoms with Gasteiger partial charge in [-0.15, -0.1) is 11.8 Å². The van der Waals surface area contributed by atoms with Crippen molar-refractivity contribution in [3.63, 3.8) is 0 Å². The van der Waals surface area contributed by atoms with Crippen molar-refractivity contribution in [3.05, 3.63) is 15.8 Å². The zero-order valence-electron chi connectivity index (χ0n) is 5.47. The van der Waals surface area contributed by atoms with Crippen LogP contribution in [0.15, 0.2) is 17.2 Å². The summed E-state index contributed by atoms with van der Waals surface area (Å²) in [5.41, 5.74) is 5.56. The Morgan fingerprint density at radius 2 is 2.40 bits per heavy atom. The smallest absolute Gasteiger partial charge is 0.137 e. The van der Waals surface area contributed by atoms with E-state index in [1.165, 1.54) is 0 Å². The van der Waals surface area contributed by atoms with Crippen LogP contribution in [0.1, 0.15) is 0 Å². The number of aromatic nitrogens is 1. The molecule has 0 aliphatic carbocycles. The SMILES string of the molecule is CSc1cc(I)cnc1N. The van der Waals surface area contributed by atoms with E-state index in [0.717, 1.165) is 8.47 Å². The summed E-state index contributed by atoms with van der Waals surface area (Å²) < 4.78 is 1.12. The van der Waals surface area contributed by atoms with Gasteiger partial charge in [-0.05, 0) is 34.9 Å². The monoisotopic (exact) mass is 266 g/mol. The number of nitrogens with zero attached hydrogens (tertiary/aromatic N) is 1. The standard InChI is InChI=1S/C6H7IN2S/c1-10-5-2-4(7)3-9-6(5)8/h2-3H,1H3,(H2,8,9). The zero-order valence-corrected chi connectivity index (χ0v) is 8.44. The van der Waals surface area contributed by atoms with Gasteiger partial charge in [0.1, 0.15) is 5.82 Å². The van der Waals surface area contributed by atoms with Gasteiger partial charge in [-0.25, -0.2) is 4.98 Å². The molecule has 0 spiro atoms. The Labute approximate surface area is 77.7 Å². The number of hydrogen-bond donors (Lipinski definition) is 1. The quantitative estimate of drug-likeness (QED) is 0.624. The second kappa shape index (κ2) is 3.43. The molecule has 4 heteroatoms. The summed E-state index contributed by atoms with van der Waals surface area (Å²) in [4.78, 5) is 5.05. The van der Waals surface area contributed by atoms with Gasteiger partial charge in [-0.1, -0.05) is 0 Å². The molecule has 0 fully saturated rings. The van der Waals surface area contributed by atoms with Crippen LogP contribution in [-0.2, 0) is 0 Å². The van der Waals surface area contributed by atoms with Gasteiger partial charge in [0.2, 0.25) is 0 Å². The highest BCUT2D eigenvalue weighted by Gasteiger charge is 1.97. The first kappa shape index (κ1) is 8.13. The van der Waals surface area contributed by atoms with E-state index < -0.39 is 0 Å². The molecule has 54 valence electrons. The average Bonchev–Trinajstić information content (AvgIpc) is 1.94. The number of nitrogen functional groups attached to an aromatic ring is 1. The second-order valence-electron chi connectivity index (χ2n) is 1.74. The fraction of sp³-hybridized carbons (Fsp3) is 0.167. The lowest BCUT2D eigenvalue weighted by atomic mass is 10.5. The summed E-state index contributed by atoms with van der Waals surface area (Å²) in [6.07, 6.45) is 3.75. The Bertz CT molecular complexity index is 239. The first-order valence-electron chi connectivity index (χ1n) is 2.69. The van der Waals surface area contributed by atoms with Gasteiger partial charge in [0.15, 0.2) is 0 Å². The summed E-state index contributed by atoms with van der Waals surface area (Å²) >= 11 is 3.83. The maximum Gasteiger partial charge on any atom is 0.137 e. The third kappa shape index (κ3) is 1.76. The average molecular weight is 266 g/mol. The van der Waals surface area contributed by atoms with Gasteiger partial charge in [0, 0.05) is 9.77 Å². The summed E-state index contributed by atoms with van der Waals surface area (Å²) in [5, 5.41) is 0. The van der Waals surface area contributed by atoms with Crippen molar-refractivity contribution >= 4 is 40.2 Å². The van der Waals surface area contributed by atoms with Crippen molar-refractivity contribution in [2.45, 2.75) is 4.90 Å². The molecule has 1 aromatic rings. The molecule has 0 amide bonds. The van der Waals surface area contributed by atoms with Crippen molar-refractivity contribution in [2.24, 2.45) is 0 Å². The number of rotatable bonds is 1. The van der Waals surface area contributed by atoms with Crippen molar-refractivity contribution in [2.75, 3.05) is 12.0 Å². The number of halogens is 1. The molecule has 0 unspecified atom stereocenters. The highest BCUT2D eigenvalue weighted by Crippen LogP contribution is 2.21. The van der Waals surface area contributed by atoms with Gasteiger partial charge < -0.3 is 5.73 Å². The van der Waals surface area contributed by atoms with E-state index in [2.05, 4.69) is 27.6 Å². The minimum Gasteiger partial charge on any atom is -0.383 e. The van der Waals surface area contributed by atoms with Crippen LogP contribution < -0.4 is 5.73 Å². The highest BCUT2D eigenvalue weighted by molar-refractivity contribution is 14.1. The van der Waals surface area contributed by atoms with Gasteiger partial charge in [0.25, 0.3) is 0 Å². The zero-order chi connectivity index (χ0) is 7.56. The molecule has 1 heterocycles. The predicted octanol–water partition coefficient (Wildman–Crippen LogP) is 1.99. The topological polar surface area (TPSA) is 38.9 Å². The molecule has 10 heavy (non-hydrogen) atoms.